The van der Waals surface area contributed by atoms with Crippen molar-refractivity contribution in [3.8, 4) is 0 Å². The average molecular weight is 299 g/mol. The molecule has 7 nitrogen and oxygen atoms in total. The Kier molecular flexibility index (Phi) is 3.79. The van der Waals surface area contributed by atoms with Crippen LogP contribution in [0.3, 0.4) is 0 Å². The van der Waals surface area contributed by atoms with Crippen molar-refractivity contribution < 1.29 is 22.3 Å². The number of halogens is 1. The molecule has 0 spiro atoms. The number of imidazole rings is 1. The average Bonchev–Trinajstić information content (AvgIpc) is 2.87. The molecule has 20 heavy (non-hydrogen) atoms. The molecule has 0 saturated carbocycles. The van der Waals surface area contributed by atoms with Crippen molar-refractivity contribution >= 4 is 15.8 Å². The number of esters is 1. The van der Waals surface area contributed by atoms with Crippen LogP contribution in [0.5, 0.6) is 0 Å². The topological polar surface area (TPSA) is 102 Å². The summed E-state index contributed by atoms with van der Waals surface area (Å²) in [6, 6.07) is 3.85. The van der Waals surface area contributed by atoms with Gasteiger partial charge in [0, 0.05) is 0 Å². The highest BCUT2D eigenvalue weighted by Crippen LogP contribution is 2.13. The third-order valence-electron chi connectivity index (χ3n) is 2.36. The van der Waals surface area contributed by atoms with Gasteiger partial charge in [0.2, 0.25) is 20.9 Å². The van der Waals surface area contributed by atoms with Gasteiger partial charge in [-0.2, -0.15) is 4.39 Å². The van der Waals surface area contributed by atoms with Gasteiger partial charge in [-0.25, -0.2) is 23.2 Å². The molecule has 0 amide bonds. The van der Waals surface area contributed by atoms with E-state index in [1.165, 1.54) is 12.1 Å². The third kappa shape index (κ3) is 2.99. The van der Waals surface area contributed by atoms with E-state index in [1.807, 2.05) is 0 Å². The van der Waals surface area contributed by atoms with Gasteiger partial charge in [0.15, 0.2) is 0 Å². The van der Waals surface area contributed by atoms with Crippen molar-refractivity contribution in [2.24, 2.45) is 0 Å². The standard InChI is InChI=1S/C11H10FN3O4S/c1-19-10(16)8-5-13-11(15-8)20(17,18)6-7-3-2-4-9(12)14-7/h2-5H,6H2,1H3,(H,13,15). The zero-order valence-electron chi connectivity index (χ0n) is 10.3. The fraction of sp³-hybridized carbons (Fsp3) is 0.182. The molecule has 0 saturated heterocycles. The van der Waals surface area contributed by atoms with E-state index in [9.17, 15) is 17.6 Å². The van der Waals surface area contributed by atoms with E-state index in [2.05, 4.69) is 19.7 Å². The van der Waals surface area contributed by atoms with Crippen molar-refractivity contribution in [2.45, 2.75) is 10.9 Å². The molecule has 0 aromatic carbocycles. The summed E-state index contributed by atoms with van der Waals surface area (Å²) in [5, 5.41) is -0.399. The Morgan fingerprint density at radius 3 is 2.85 bits per heavy atom. The number of hydrogen-bond acceptors (Lipinski definition) is 6. The number of H-pyrrole nitrogens is 1. The maximum absolute atomic E-state index is 12.9. The van der Waals surface area contributed by atoms with Crippen molar-refractivity contribution in [1.82, 2.24) is 15.0 Å². The van der Waals surface area contributed by atoms with Crippen molar-refractivity contribution in [2.75, 3.05) is 7.11 Å². The van der Waals surface area contributed by atoms with Crippen LogP contribution in [0.15, 0.2) is 29.6 Å². The monoisotopic (exact) mass is 299 g/mol. The number of aromatic amines is 1. The summed E-state index contributed by atoms with van der Waals surface area (Å²) in [5.74, 6) is -2.03. The molecule has 0 aliphatic heterocycles. The maximum atomic E-state index is 12.9. The van der Waals surface area contributed by atoms with Gasteiger partial charge in [-0.3, -0.25) is 0 Å². The predicted molar refractivity (Wildman–Crippen MR) is 65.0 cm³/mol. The highest BCUT2D eigenvalue weighted by atomic mass is 32.2. The van der Waals surface area contributed by atoms with Crippen LogP contribution in [0.25, 0.3) is 0 Å². The lowest BCUT2D eigenvalue weighted by atomic mass is 10.4. The maximum Gasteiger partial charge on any atom is 0.356 e. The van der Waals surface area contributed by atoms with Crippen LogP contribution in [0.2, 0.25) is 0 Å². The molecule has 2 aromatic rings. The normalized spacial score (nSPS) is 11.3. The number of ether oxygens (including phenoxy) is 1. The van der Waals surface area contributed by atoms with Crippen LogP contribution >= 0.6 is 0 Å². The minimum Gasteiger partial charge on any atom is -0.464 e. The van der Waals surface area contributed by atoms with Crippen LogP contribution in [0.1, 0.15) is 16.2 Å². The molecule has 0 atom stereocenters. The van der Waals surface area contributed by atoms with E-state index >= 15 is 0 Å². The second-order valence-corrected chi connectivity index (χ2v) is 5.71. The first-order valence-corrected chi connectivity index (χ1v) is 7.05. The summed E-state index contributed by atoms with van der Waals surface area (Å²) >= 11 is 0. The second kappa shape index (κ2) is 5.37. The summed E-state index contributed by atoms with van der Waals surface area (Å²) in [6.45, 7) is 0. The van der Waals surface area contributed by atoms with E-state index in [1.54, 1.807) is 0 Å². The quantitative estimate of drug-likeness (QED) is 0.658. The lowest BCUT2D eigenvalue weighted by molar-refractivity contribution is 0.0594. The Labute approximate surface area is 113 Å². The molecule has 106 valence electrons. The minimum atomic E-state index is -3.85. The molecule has 0 aliphatic rings. The first-order chi connectivity index (χ1) is 9.42. The number of methoxy groups -OCH3 is 1. The highest BCUT2D eigenvalue weighted by molar-refractivity contribution is 7.90. The van der Waals surface area contributed by atoms with Crippen LogP contribution < -0.4 is 0 Å². The van der Waals surface area contributed by atoms with E-state index < -0.39 is 32.7 Å². The molecule has 0 bridgehead atoms. The summed E-state index contributed by atoms with van der Waals surface area (Å²) in [7, 11) is -2.69. The van der Waals surface area contributed by atoms with E-state index in [0.29, 0.717) is 0 Å². The lowest BCUT2D eigenvalue weighted by Gasteiger charge is -2.01. The fourth-order valence-corrected chi connectivity index (χ4v) is 2.63. The van der Waals surface area contributed by atoms with Gasteiger partial charge in [-0.1, -0.05) is 6.07 Å². The number of hydrogen-bond donors (Lipinski definition) is 1. The predicted octanol–water partition coefficient (Wildman–Crippen LogP) is 0.704. The molecule has 0 radical (unpaired) electrons. The summed E-state index contributed by atoms with van der Waals surface area (Å²) < 4.78 is 41.4. The van der Waals surface area contributed by atoms with Gasteiger partial charge < -0.3 is 9.72 Å². The molecule has 0 fully saturated rings. The SMILES string of the molecule is COC(=O)c1cnc(S(=O)(=O)Cc2cccc(F)n2)[nH]1. The largest absolute Gasteiger partial charge is 0.464 e. The Morgan fingerprint density at radius 2 is 2.20 bits per heavy atom. The van der Waals surface area contributed by atoms with Gasteiger partial charge in [0.25, 0.3) is 0 Å². The number of rotatable bonds is 4. The van der Waals surface area contributed by atoms with Crippen LogP contribution in [0.4, 0.5) is 4.39 Å². The molecule has 0 aliphatic carbocycles. The minimum absolute atomic E-state index is 0.0426. The van der Waals surface area contributed by atoms with E-state index in [-0.39, 0.29) is 11.4 Å². The van der Waals surface area contributed by atoms with Crippen LogP contribution in [-0.4, -0.2) is 36.4 Å². The number of nitrogens with zero attached hydrogens (tertiary/aromatic N) is 2. The number of carbonyl (C=O) groups is 1. The van der Waals surface area contributed by atoms with E-state index in [0.717, 1.165) is 19.4 Å². The second-order valence-electron chi connectivity index (χ2n) is 3.80. The summed E-state index contributed by atoms with van der Waals surface area (Å²) in [6.07, 6.45) is 1.05. The molecule has 0 unspecified atom stereocenters. The van der Waals surface area contributed by atoms with E-state index in [4.69, 9.17) is 0 Å². The van der Waals surface area contributed by atoms with Crippen LogP contribution in [-0.2, 0) is 20.3 Å². The number of aromatic nitrogens is 3. The molecule has 1 N–H and O–H groups in total. The number of sulfone groups is 1. The van der Waals surface area contributed by atoms with Crippen molar-refractivity contribution in [3.05, 3.63) is 41.7 Å². The smallest absolute Gasteiger partial charge is 0.356 e. The Balaban J connectivity index is 2.27. The molecule has 9 heteroatoms. The molecular weight excluding hydrogens is 289 g/mol. The van der Waals surface area contributed by atoms with Gasteiger partial charge in [-0.15, -0.1) is 0 Å². The van der Waals surface area contributed by atoms with Gasteiger partial charge in [0.05, 0.1) is 19.0 Å². The third-order valence-corrected chi connectivity index (χ3v) is 3.84. The molecule has 2 rings (SSSR count). The Hall–Kier alpha value is -2.29. The van der Waals surface area contributed by atoms with Crippen molar-refractivity contribution in [1.29, 1.82) is 0 Å². The Morgan fingerprint density at radius 1 is 1.45 bits per heavy atom. The number of nitrogens with one attached hydrogen (secondary N) is 1. The number of carbonyl (C=O) groups excluding carboxylic acids is 1. The highest BCUT2D eigenvalue weighted by Gasteiger charge is 2.22. The molecule has 2 aromatic heterocycles. The number of pyridine rings is 1. The fourth-order valence-electron chi connectivity index (χ4n) is 1.47. The van der Waals surface area contributed by atoms with Crippen LogP contribution in [0, 0.1) is 5.95 Å². The van der Waals surface area contributed by atoms with Crippen molar-refractivity contribution in [3.63, 3.8) is 0 Å². The Bertz CT molecular complexity index is 742. The zero-order chi connectivity index (χ0) is 14.8. The molecular formula is C11H10FN3O4S. The van der Waals surface area contributed by atoms with Gasteiger partial charge >= 0.3 is 5.97 Å². The zero-order valence-corrected chi connectivity index (χ0v) is 11.1. The first kappa shape index (κ1) is 14.1. The summed E-state index contributed by atoms with van der Waals surface area (Å²) in [4.78, 5) is 20.6. The molecule has 2 heterocycles. The van der Waals surface area contributed by atoms with Gasteiger partial charge in [-0.05, 0) is 12.1 Å². The first-order valence-electron chi connectivity index (χ1n) is 5.40. The lowest BCUT2D eigenvalue weighted by Crippen LogP contribution is -2.09. The summed E-state index contributed by atoms with van der Waals surface area (Å²) in [5.41, 5.74) is -0.0423. The van der Waals surface area contributed by atoms with Gasteiger partial charge in [0.1, 0.15) is 11.4 Å².